The van der Waals surface area contributed by atoms with E-state index in [1.165, 1.54) is 0 Å². The number of rotatable bonds is 2. The molecular formula is C15H10F3N3. The fourth-order valence-electron chi connectivity index (χ4n) is 1.97. The summed E-state index contributed by atoms with van der Waals surface area (Å²) in [4.78, 5) is 4.26. The summed E-state index contributed by atoms with van der Waals surface area (Å²) >= 11 is 0. The Labute approximate surface area is 118 Å². The van der Waals surface area contributed by atoms with Crippen molar-refractivity contribution in [1.82, 2.24) is 4.98 Å². The lowest BCUT2D eigenvalue weighted by Crippen LogP contribution is -2.00. The van der Waals surface area contributed by atoms with Gasteiger partial charge in [-0.3, -0.25) is 0 Å². The van der Waals surface area contributed by atoms with Crippen LogP contribution in [0.1, 0.15) is 0 Å². The maximum absolute atomic E-state index is 13.6. The van der Waals surface area contributed by atoms with Crippen LogP contribution in [0.3, 0.4) is 0 Å². The number of fused-ring (bicyclic) bond motifs is 1. The van der Waals surface area contributed by atoms with Crippen LogP contribution in [0.15, 0.2) is 42.5 Å². The molecule has 0 saturated carbocycles. The second-order valence-electron chi connectivity index (χ2n) is 4.50. The molecule has 0 aliphatic heterocycles. The fraction of sp³-hybridized carbons (Fsp3) is 0. The Morgan fingerprint density at radius 3 is 2.52 bits per heavy atom. The third-order valence-electron chi connectivity index (χ3n) is 3.01. The van der Waals surface area contributed by atoms with Crippen molar-refractivity contribution in [3.63, 3.8) is 0 Å². The first-order valence-electron chi connectivity index (χ1n) is 6.11. The number of aromatic nitrogens is 1. The first-order chi connectivity index (χ1) is 10.0. The number of nitrogen functional groups attached to an aromatic ring is 1. The molecule has 1 heterocycles. The number of hydrogen-bond acceptors (Lipinski definition) is 3. The van der Waals surface area contributed by atoms with Crippen LogP contribution in [0.5, 0.6) is 0 Å². The summed E-state index contributed by atoms with van der Waals surface area (Å²) in [5, 5.41) is 3.45. The Kier molecular flexibility index (Phi) is 3.13. The lowest BCUT2D eigenvalue weighted by Gasteiger charge is -2.08. The van der Waals surface area contributed by atoms with Crippen molar-refractivity contribution in [2.24, 2.45) is 0 Å². The van der Waals surface area contributed by atoms with E-state index < -0.39 is 17.5 Å². The van der Waals surface area contributed by atoms with Crippen LogP contribution < -0.4 is 11.1 Å². The Balaban J connectivity index is 1.98. The zero-order valence-electron chi connectivity index (χ0n) is 10.7. The van der Waals surface area contributed by atoms with E-state index in [0.29, 0.717) is 17.0 Å². The number of nitrogens with zero attached hydrogens (tertiary/aromatic N) is 1. The molecule has 1 aromatic heterocycles. The van der Waals surface area contributed by atoms with E-state index >= 15 is 0 Å². The molecule has 0 saturated heterocycles. The highest BCUT2D eigenvalue weighted by Gasteiger charge is 2.13. The minimum absolute atomic E-state index is 0.184. The normalized spacial score (nSPS) is 10.8. The molecule has 0 unspecified atom stereocenters. The summed E-state index contributed by atoms with van der Waals surface area (Å²) in [6.07, 6.45) is 0. The predicted molar refractivity (Wildman–Crippen MR) is 75.8 cm³/mol. The van der Waals surface area contributed by atoms with Gasteiger partial charge in [0.1, 0.15) is 5.82 Å². The van der Waals surface area contributed by atoms with Crippen molar-refractivity contribution >= 4 is 28.1 Å². The lowest BCUT2D eigenvalue weighted by atomic mass is 10.2. The summed E-state index contributed by atoms with van der Waals surface area (Å²) in [5.41, 5.74) is 6.74. The van der Waals surface area contributed by atoms with E-state index in [1.807, 2.05) is 0 Å². The number of nitrogens with two attached hydrogens (primary N) is 1. The van der Waals surface area contributed by atoms with Gasteiger partial charge >= 0.3 is 0 Å². The molecule has 0 fully saturated rings. The Morgan fingerprint density at radius 2 is 1.71 bits per heavy atom. The van der Waals surface area contributed by atoms with Crippen molar-refractivity contribution in [3.8, 4) is 0 Å². The third kappa shape index (κ3) is 2.47. The summed E-state index contributed by atoms with van der Waals surface area (Å²) in [7, 11) is 0. The SMILES string of the molecule is Nc1ccc2nc(Nc3ccc(F)c(F)c3F)ccc2c1. The Hall–Kier alpha value is -2.76. The predicted octanol–water partition coefficient (Wildman–Crippen LogP) is 3.98. The number of halogens is 3. The zero-order valence-corrected chi connectivity index (χ0v) is 10.7. The van der Waals surface area contributed by atoms with Crippen molar-refractivity contribution in [1.29, 1.82) is 0 Å². The van der Waals surface area contributed by atoms with Gasteiger partial charge in [-0.25, -0.2) is 18.2 Å². The van der Waals surface area contributed by atoms with Gasteiger partial charge in [0.15, 0.2) is 17.5 Å². The first-order valence-corrected chi connectivity index (χ1v) is 6.11. The van der Waals surface area contributed by atoms with Crippen LogP contribution in [0.2, 0.25) is 0 Å². The standard InChI is InChI=1S/C15H10F3N3/c16-10-3-5-12(15(18)14(10)17)21-13-6-1-8-7-9(19)2-4-11(8)20-13/h1-7H,19H2,(H,20,21). The quantitative estimate of drug-likeness (QED) is 0.554. The van der Waals surface area contributed by atoms with Gasteiger partial charge in [-0.05, 0) is 42.5 Å². The van der Waals surface area contributed by atoms with E-state index in [4.69, 9.17) is 5.73 Å². The van der Waals surface area contributed by atoms with E-state index in [1.54, 1.807) is 30.3 Å². The minimum atomic E-state index is -1.52. The molecule has 21 heavy (non-hydrogen) atoms. The van der Waals surface area contributed by atoms with E-state index in [-0.39, 0.29) is 5.69 Å². The monoisotopic (exact) mass is 289 g/mol. The van der Waals surface area contributed by atoms with Gasteiger partial charge in [0.25, 0.3) is 0 Å². The molecule has 2 aromatic carbocycles. The molecule has 0 aliphatic carbocycles. The lowest BCUT2D eigenvalue weighted by molar-refractivity contribution is 0.449. The molecule has 0 atom stereocenters. The van der Waals surface area contributed by atoms with Crippen LogP contribution >= 0.6 is 0 Å². The molecule has 0 radical (unpaired) electrons. The largest absolute Gasteiger partial charge is 0.399 e. The molecule has 0 amide bonds. The van der Waals surface area contributed by atoms with E-state index in [9.17, 15) is 13.2 Å². The topological polar surface area (TPSA) is 50.9 Å². The van der Waals surface area contributed by atoms with Gasteiger partial charge in [-0.1, -0.05) is 0 Å². The molecular weight excluding hydrogens is 279 g/mol. The molecule has 3 aromatic rings. The maximum atomic E-state index is 13.6. The third-order valence-corrected chi connectivity index (χ3v) is 3.01. The second-order valence-corrected chi connectivity index (χ2v) is 4.50. The smallest absolute Gasteiger partial charge is 0.196 e. The van der Waals surface area contributed by atoms with Gasteiger partial charge in [-0.15, -0.1) is 0 Å². The van der Waals surface area contributed by atoms with Crippen molar-refractivity contribution in [2.75, 3.05) is 11.1 Å². The van der Waals surface area contributed by atoms with Crippen molar-refractivity contribution in [3.05, 3.63) is 59.9 Å². The summed E-state index contributed by atoms with van der Waals surface area (Å²) in [6, 6.07) is 10.5. The molecule has 6 heteroatoms. The Bertz CT molecular complexity index is 834. The molecule has 0 aliphatic rings. The average molecular weight is 289 g/mol. The average Bonchev–Trinajstić information content (AvgIpc) is 2.48. The number of anilines is 3. The highest BCUT2D eigenvalue weighted by Crippen LogP contribution is 2.24. The molecule has 3 rings (SSSR count). The number of nitrogens with one attached hydrogen (secondary N) is 1. The Morgan fingerprint density at radius 1 is 0.905 bits per heavy atom. The maximum Gasteiger partial charge on any atom is 0.196 e. The van der Waals surface area contributed by atoms with Crippen LogP contribution in [0.25, 0.3) is 10.9 Å². The number of benzene rings is 2. The highest BCUT2D eigenvalue weighted by atomic mass is 19.2. The molecule has 0 spiro atoms. The van der Waals surface area contributed by atoms with E-state index in [2.05, 4.69) is 10.3 Å². The number of hydrogen-bond donors (Lipinski definition) is 2. The number of pyridine rings is 1. The van der Waals surface area contributed by atoms with Crippen LogP contribution in [0, 0.1) is 17.5 Å². The van der Waals surface area contributed by atoms with Gasteiger partial charge < -0.3 is 11.1 Å². The van der Waals surface area contributed by atoms with Crippen LogP contribution in [-0.2, 0) is 0 Å². The van der Waals surface area contributed by atoms with Gasteiger partial charge in [0.05, 0.1) is 11.2 Å². The first kappa shape index (κ1) is 13.2. The highest BCUT2D eigenvalue weighted by molar-refractivity contribution is 5.83. The van der Waals surface area contributed by atoms with Gasteiger partial charge in [0.2, 0.25) is 0 Å². The summed E-state index contributed by atoms with van der Waals surface area (Å²) in [6.45, 7) is 0. The molecule has 3 nitrogen and oxygen atoms in total. The summed E-state index contributed by atoms with van der Waals surface area (Å²) < 4.78 is 39.6. The van der Waals surface area contributed by atoms with Crippen molar-refractivity contribution < 1.29 is 13.2 Å². The van der Waals surface area contributed by atoms with Crippen LogP contribution in [0.4, 0.5) is 30.4 Å². The minimum Gasteiger partial charge on any atom is -0.399 e. The summed E-state index contributed by atoms with van der Waals surface area (Å²) in [5.74, 6) is -3.72. The van der Waals surface area contributed by atoms with Gasteiger partial charge in [0, 0.05) is 11.1 Å². The molecule has 3 N–H and O–H groups in total. The van der Waals surface area contributed by atoms with Gasteiger partial charge in [-0.2, -0.15) is 0 Å². The second kappa shape index (κ2) is 4.97. The van der Waals surface area contributed by atoms with Crippen LogP contribution in [-0.4, -0.2) is 4.98 Å². The van der Waals surface area contributed by atoms with E-state index in [0.717, 1.165) is 17.5 Å². The van der Waals surface area contributed by atoms with Crippen molar-refractivity contribution in [2.45, 2.75) is 0 Å². The zero-order chi connectivity index (χ0) is 15.0. The molecule has 106 valence electrons. The fourth-order valence-corrected chi connectivity index (χ4v) is 1.97. The molecule has 0 bridgehead atoms.